The standard InChI is InChI=1S/C17H16F2N2OS2/c1-10-6-11(2)21-16(13(10)8-20)23-9-12-4-5-15(24-17(18)19)14(7-12)22-3/h4-7,17H,9H2,1-3H3. The number of pyridine rings is 1. The number of nitriles is 1. The number of thioether (sulfide) groups is 2. The first-order chi connectivity index (χ1) is 11.4. The summed E-state index contributed by atoms with van der Waals surface area (Å²) in [5.74, 6) is -1.50. The van der Waals surface area contributed by atoms with E-state index in [0.717, 1.165) is 16.8 Å². The second kappa shape index (κ2) is 8.36. The lowest BCUT2D eigenvalue weighted by Gasteiger charge is -2.11. The monoisotopic (exact) mass is 366 g/mol. The van der Waals surface area contributed by atoms with E-state index in [2.05, 4.69) is 11.1 Å². The predicted octanol–water partition coefficient (Wildman–Crippen LogP) is 5.19. The molecule has 0 bridgehead atoms. The van der Waals surface area contributed by atoms with E-state index in [4.69, 9.17) is 4.74 Å². The van der Waals surface area contributed by atoms with Crippen molar-refractivity contribution in [2.45, 2.75) is 35.3 Å². The number of halogens is 2. The van der Waals surface area contributed by atoms with Gasteiger partial charge in [-0.3, -0.25) is 0 Å². The number of hydrogen-bond donors (Lipinski definition) is 0. The largest absolute Gasteiger partial charge is 0.496 e. The van der Waals surface area contributed by atoms with Crippen LogP contribution in [0.4, 0.5) is 8.78 Å². The second-order valence-electron chi connectivity index (χ2n) is 5.02. The molecule has 7 heteroatoms. The zero-order valence-electron chi connectivity index (χ0n) is 13.5. The van der Waals surface area contributed by atoms with Crippen molar-refractivity contribution in [1.82, 2.24) is 4.98 Å². The Morgan fingerprint density at radius 3 is 2.67 bits per heavy atom. The highest BCUT2D eigenvalue weighted by Gasteiger charge is 2.13. The molecule has 0 saturated heterocycles. The summed E-state index contributed by atoms with van der Waals surface area (Å²) < 4.78 is 30.3. The highest BCUT2D eigenvalue weighted by Crippen LogP contribution is 2.35. The van der Waals surface area contributed by atoms with Crippen molar-refractivity contribution < 1.29 is 13.5 Å². The summed E-state index contributed by atoms with van der Waals surface area (Å²) in [6.07, 6.45) is 0. The second-order valence-corrected chi connectivity index (χ2v) is 7.02. The molecule has 3 nitrogen and oxygen atoms in total. The number of nitrogens with zero attached hydrogens (tertiary/aromatic N) is 2. The topological polar surface area (TPSA) is 45.9 Å². The summed E-state index contributed by atoms with van der Waals surface area (Å²) in [6, 6.07) is 9.22. The lowest BCUT2D eigenvalue weighted by molar-refractivity contribution is 0.251. The molecule has 24 heavy (non-hydrogen) atoms. The third kappa shape index (κ3) is 4.62. The van der Waals surface area contributed by atoms with Crippen LogP contribution < -0.4 is 4.74 Å². The van der Waals surface area contributed by atoms with Gasteiger partial charge in [-0.25, -0.2) is 4.98 Å². The first kappa shape index (κ1) is 18.6. The quantitative estimate of drug-likeness (QED) is 0.659. The fourth-order valence-electron chi connectivity index (χ4n) is 2.19. The van der Waals surface area contributed by atoms with E-state index in [0.29, 0.717) is 38.7 Å². The Labute approximate surface area is 148 Å². The number of rotatable bonds is 6. The van der Waals surface area contributed by atoms with Crippen molar-refractivity contribution in [3.63, 3.8) is 0 Å². The summed E-state index contributed by atoms with van der Waals surface area (Å²) in [4.78, 5) is 4.83. The fourth-order valence-corrected chi connectivity index (χ4v) is 3.83. The van der Waals surface area contributed by atoms with Crippen LogP contribution in [0.5, 0.6) is 5.75 Å². The van der Waals surface area contributed by atoms with Crippen LogP contribution in [-0.2, 0) is 5.75 Å². The molecule has 2 aromatic rings. The van der Waals surface area contributed by atoms with Gasteiger partial charge >= 0.3 is 0 Å². The number of aryl methyl sites for hydroxylation is 2. The number of hydrogen-bond acceptors (Lipinski definition) is 5. The van der Waals surface area contributed by atoms with Crippen molar-refractivity contribution in [2.75, 3.05) is 7.11 Å². The highest BCUT2D eigenvalue weighted by molar-refractivity contribution is 7.99. The van der Waals surface area contributed by atoms with E-state index in [1.165, 1.54) is 18.9 Å². The molecule has 0 unspecified atom stereocenters. The molecular formula is C17H16F2N2OS2. The van der Waals surface area contributed by atoms with Crippen LogP contribution in [0.15, 0.2) is 34.2 Å². The molecule has 0 atom stereocenters. The minimum Gasteiger partial charge on any atom is -0.496 e. The van der Waals surface area contributed by atoms with E-state index >= 15 is 0 Å². The smallest absolute Gasteiger partial charge is 0.289 e. The maximum Gasteiger partial charge on any atom is 0.289 e. The Balaban J connectivity index is 2.20. The van der Waals surface area contributed by atoms with Gasteiger partial charge in [0.15, 0.2) is 0 Å². The maximum absolute atomic E-state index is 12.5. The Kier molecular flexibility index (Phi) is 6.46. The van der Waals surface area contributed by atoms with Crippen LogP contribution in [-0.4, -0.2) is 17.9 Å². The Bertz CT molecular complexity index is 776. The summed E-state index contributed by atoms with van der Waals surface area (Å²) in [7, 11) is 1.46. The number of methoxy groups -OCH3 is 1. The van der Waals surface area contributed by atoms with Gasteiger partial charge in [-0.2, -0.15) is 14.0 Å². The Hall–Kier alpha value is -1.78. The van der Waals surface area contributed by atoms with Crippen molar-refractivity contribution in [3.05, 3.63) is 46.6 Å². The molecule has 1 heterocycles. The Morgan fingerprint density at radius 2 is 2.04 bits per heavy atom. The van der Waals surface area contributed by atoms with Gasteiger partial charge in [0.1, 0.15) is 16.8 Å². The Morgan fingerprint density at radius 1 is 1.29 bits per heavy atom. The van der Waals surface area contributed by atoms with Crippen LogP contribution in [0, 0.1) is 25.2 Å². The first-order valence-electron chi connectivity index (χ1n) is 7.07. The molecule has 0 spiro atoms. The molecular weight excluding hydrogens is 350 g/mol. The van der Waals surface area contributed by atoms with Gasteiger partial charge in [-0.1, -0.05) is 17.8 Å². The number of ether oxygens (including phenoxy) is 1. The van der Waals surface area contributed by atoms with E-state index in [1.54, 1.807) is 18.2 Å². The number of benzene rings is 1. The minimum atomic E-state index is -2.49. The lowest BCUT2D eigenvalue weighted by atomic mass is 10.1. The van der Waals surface area contributed by atoms with Crippen molar-refractivity contribution in [3.8, 4) is 11.8 Å². The summed E-state index contributed by atoms with van der Waals surface area (Å²) in [5.41, 5.74) is 3.24. The van der Waals surface area contributed by atoms with Gasteiger partial charge in [-0.15, -0.1) is 11.8 Å². The summed E-state index contributed by atoms with van der Waals surface area (Å²) >= 11 is 1.91. The zero-order valence-corrected chi connectivity index (χ0v) is 15.1. The molecule has 1 aromatic carbocycles. The first-order valence-corrected chi connectivity index (χ1v) is 8.94. The minimum absolute atomic E-state index is 0.406. The van der Waals surface area contributed by atoms with E-state index in [1.807, 2.05) is 19.9 Å². The molecule has 126 valence electrons. The third-order valence-corrected chi connectivity index (χ3v) is 5.06. The van der Waals surface area contributed by atoms with E-state index < -0.39 is 5.76 Å². The third-order valence-electron chi connectivity index (χ3n) is 3.24. The molecule has 0 aliphatic heterocycles. The van der Waals surface area contributed by atoms with Gasteiger partial charge in [0.05, 0.1) is 17.6 Å². The molecule has 0 aliphatic rings. The van der Waals surface area contributed by atoms with Crippen LogP contribution in [0.25, 0.3) is 0 Å². The van der Waals surface area contributed by atoms with Gasteiger partial charge in [0.2, 0.25) is 0 Å². The predicted molar refractivity (Wildman–Crippen MR) is 92.8 cm³/mol. The molecule has 0 saturated carbocycles. The molecule has 0 fully saturated rings. The van der Waals surface area contributed by atoms with Crippen molar-refractivity contribution in [2.24, 2.45) is 0 Å². The molecule has 0 radical (unpaired) electrons. The maximum atomic E-state index is 12.5. The molecule has 0 aliphatic carbocycles. The summed E-state index contributed by atoms with van der Waals surface area (Å²) in [5, 5.41) is 9.97. The SMILES string of the molecule is COc1cc(CSc2nc(C)cc(C)c2C#N)ccc1SC(F)F. The van der Waals surface area contributed by atoms with Crippen LogP contribution >= 0.6 is 23.5 Å². The fraction of sp³-hybridized carbons (Fsp3) is 0.294. The van der Waals surface area contributed by atoms with Crippen molar-refractivity contribution in [1.29, 1.82) is 5.26 Å². The van der Waals surface area contributed by atoms with E-state index in [9.17, 15) is 14.0 Å². The molecule has 2 rings (SSSR count). The van der Waals surface area contributed by atoms with Crippen LogP contribution in [0.3, 0.4) is 0 Å². The number of alkyl halides is 2. The normalized spacial score (nSPS) is 10.7. The van der Waals surface area contributed by atoms with Gasteiger partial charge in [-0.05, 0) is 43.2 Å². The number of aromatic nitrogens is 1. The molecule has 0 N–H and O–H groups in total. The van der Waals surface area contributed by atoms with E-state index in [-0.39, 0.29) is 0 Å². The van der Waals surface area contributed by atoms with Crippen LogP contribution in [0.1, 0.15) is 22.4 Å². The van der Waals surface area contributed by atoms with Crippen molar-refractivity contribution >= 4 is 23.5 Å². The van der Waals surface area contributed by atoms with Crippen LogP contribution in [0.2, 0.25) is 0 Å². The van der Waals surface area contributed by atoms with Gasteiger partial charge in [0.25, 0.3) is 5.76 Å². The molecule has 0 amide bonds. The molecule has 1 aromatic heterocycles. The van der Waals surface area contributed by atoms with Gasteiger partial charge < -0.3 is 4.74 Å². The van der Waals surface area contributed by atoms with Gasteiger partial charge in [0, 0.05) is 11.4 Å². The average molecular weight is 366 g/mol. The highest BCUT2D eigenvalue weighted by atomic mass is 32.2. The summed E-state index contributed by atoms with van der Waals surface area (Å²) in [6.45, 7) is 3.77. The zero-order chi connectivity index (χ0) is 17.7. The average Bonchev–Trinajstić information content (AvgIpc) is 2.53. The lowest BCUT2D eigenvalue weighted by Crippen LogP contribution is -1.95.